The molecule has 1 heterocycles. The summed E-state index contributed by atoms with van der Waals surface area (Å²) in [6.07, 6.45) is -0.379. The highest BCUT2D eigenvalue weighted by Crippen LogP contribution is 2.20. The number of likely N-dealkylation sites (tertiary alicyclic amines) is 1. The van der Waals surface area contributed by atoms with Crippen LogP contribution in [0.4, 0.5) is 0 Å². The van der Waals surface area contributed by atoms with Crippen molar-refractivity contribution in [2.45, 2.75) is 56.3 Å². The number of hydrogen-bond acceptors (Lipinski definition) is 8. The third-order valence-electron chi connectivity index (χ3n) is 4.66. The molecular weight excluding hydrogens is 434 g/mol. The van der Waals surface area contributed by atoms with Gasteiger partial charge in [-0.05, 0) is 19.3 Å². The highest BCUT2D eigenvalue weighted by Gasteiger charge is 2.39. The van der Waals surface area contributed by atoms with E-state index in [-0.39, 0.29) is 31.6 Å². The van der Waals surface area contributed by atoms with Crippen molar-refractivity contribution in [3.05, 3.63) is 0 Å². The molecule has 14 heteroatoms. The maximum absolute atomic E-state index is 13.0. The minimum absolute atomic E-state index is 0.152. The zero-order chi connectivity index (χ0) is 23.7. The van der Waals surface area contributed by atoms with Crippen LogP contribution in [0.2, 0.25) is 0 Å². The number of nitrogens with two attached hydrogens (primary N) is 2. The molecule has 174 valence electrons. The number of carbonyl (C=O) groups is 6. The summed E-state index contributed by atoms with van der Waals surface area (Å²) in [4.78, 5) is 72.0. The number of hydrogen-bond donors (Lipinski definition) is 7. The monoisotopic (exact) mass is 461 g/mol. The fraction of sp³-hybridized carbons (Fsp3) is 0.647. The van der Waals surface area contributed by atoms with Gasteiger partial charge in [0, 0.05) is 18.7 Å². The first-order chi connectivity index (χ1) is 14.5. The molecule has 0 aliphatic carbocycles. The molecule has 4 amide bonds. The predicted octanol–water partition coefficient (Wildman–Crippen LogP) is -2.97. The van der Waals surface area contributed by atoms with Gasteiger partial charge in [0.15, 0.2) is 0 Å². The molecule has 4 unspecified atom stereocenters. The van der Waals surface area contributed by atoms with Gasteiger partial charge in [-0.1, -0.05) is 0 Å². The second-order valence-electron chi connectivity index (χ2n) is 7.04. The van der Waals surface area contributed by atoms with Crippen molar-refractivity contribution >= 4 is 48.2 Å². The lowest BCUT2D eigenvalue weighted by molar-refractivity contribution is -0.144. The molecule has 0 aromatic carbocycles. The van der Waals surface area contributed by atoms with Crippen LogP contribution in [0.3, 0.4) is 0 Å². The third kappa shape index (κ3) is 8.05. The average molecular weight is 461 g/mol. The van der Waals surface area contributed by atoms with Gasteiger partial charge in [0.1, 0.15) is 18.1 Å². The lowest BCUT2D eigenvalue weighted by Crippen LogP contribution is -2.57. The first kappa shape index (κ1) is 26.2. The molecule has 8 N–H and O–H groups in total. The van der Waals surface area contributed by atoms with Crippen molar-refractivity contribution in [1.82, 2.24) is 15.5 Å². The lowest BCUT2D eigenvalue weighted by Gasteiger charge is -2.29. The van der Waals surface area contributed by atoms with Gasteiger partial charge >= 0.3 is 11.9 Å². The number of aliphatic carboxylic acids is 2. The van der Waals surface area contributed by atoms with Gasteiger partial charge in [-0.15, -0.1) is 0 Å². The molecule has 0 radical (unpaired) electrons. The van der Waals surface area contributed by atoms with Crippen molar-refractivity contribution in [3.63, 3.8) is 0 Å². The molecule has 0 aromatic rings. The van der Waals surface area contributed by atoms with Crippen LogP contribution in [0.15, 0.2) is 0 Å². The third-order valence-corrected chi connectivity index (χ3v) is 5.03. The van der Waals surface area contributed by atoms with E-state index in [1.54, 1.807) is 0 Å². The smallest absolute Gasteiger partial charge is 0.327 e. The summed E-state index contributed by atoms with van der Waals surface area (Å²) in [7, 11) is 0. The van der Waals surface area contributed by atoms with E-state index in [4.69, 9.17) is 21.7 Å². The van der Waals surface area contributed by atoms with Crippen LogP contribution in [0.5, 0.6) is 0 Å². The van der Waals surface area contributed by atoms with Crippen LogP contribution in [0, 0.1) is 0 Å². The number of carboxylic acid groups (broad SMARTS) is 2. The Bertz CT molecular complexity index is 733. The molecule has 0 spiro atoms. The van der Waals surface area contributed by atoms with Gasteiger partial charge in [0.25, 0.3) is 0 Å². The Labute approximate surface area is 183 Å². The average Bonchev–Trinajstić information content (AvgIpc) is 3.17. The summed E-state index contributed by atoms with van der Waals surface area (Å²) in [5, 5.41) is 22.5. The number of thiol groups is 1. The second kappa shape index (κ2) is 12.1. The lowest BCUT2D eigenvalue weighted by atomic mass is 10.1. The van der Waals surface area contributed by atoms with E-state index in [2.05, 4.69) is 23.3 Å². The quantitative estimate of drug-likeness (QED) is 0.147. The van der Waals surface area contributed by atoms with Gasteiger partial charge in [0.05, 0.1) is 12.5 Å². The van der Waals surface area contributed by atoms with Crippen LogP contribution in [-0.2, 0) is 28.8 Å². The van der Waals surface area contributed by atoms with Crippen LogP contribution in [0.1, 0.15) is 32.1 Å². The molecule has 0 aromatic heterocycles. The SMILES string of the molecule is NC(=O)CCC(NC(=O)C(N)CC(=O)O)C(=O)N1CCCC1C(=O)NC(CS)C(=O)O. The standard InChI is InChI=1S/C17H27N5O8S/c18-8(6-13(24)25)14(26)20-9(3-4-12(19)23)16(28)22-5-1-2-11(22)15(27)21-10(7-31)17(29)30/h8-11,31H,1-7,18H2,(H2,19,23)(H,20,26)(H,21,27)(H,24,25)(H,29,30). The number of rotatable bonds is 12. The van der Waals surface area contributed by atoms with Gasteiger partial charge in [-0.3, -0.25) is 24.0 Å². The Hall–Kier alpha value is -2.87. The minimum atomic E-state index is -1.43. The van der Waals surface area contributed by atoms with Crippen molar-refractivity contribution in [3.8, 4) is 0 Å². The zero-order valence-corrected chi connectivity index (χ0v) is 17.5. The van der Waals surface area contributed by atoms with E-state index in [1.807, 2.05) is 0 Å². The Morgan fingerprint density at radius 1 is 1.10 bits per heavy atom. The Morgan fingerprint density at radius 2 is 1.74 bits per heavy atom. The van der Waals surface area contributed by atoms with Crippen molar-refractivity contribution < 1.29 is 39.0 Å². The topological polar surface area (TPSA) is 222 Å². The predicted molar refractivity (Wildman–Crippen MR) is 109 cm³/mol. The van der Waals surface area contributed by atoms with E-state index >= 15 is 0 Å². The molecular formula is C17H27N5O8S. The summed E-state index contributed by atoms with van der Waals surface area (Å²) < 4.78 is 0. The molecule has 4 atom stereocenters. The fourth-order valence-electron chi connectivity index (χ4n) is 3.06. The maximum atomic E-state index is 13.0. The largest absolute Gasteiger partial charge is 0.481 e. The molecule has 1 saturated heterocycles. The summed E-state index contributed by atoms with van der Waals surface area (Å²) in [6, 6.07) is -4.91. The first-order valence-corrected chi connectivity index (χ1v) is 10.1. The Balaban J connectivity index is 2.96. The van der Waals surface area contributed by atoms with Crippen molar-refractivity contribution in [1.29, 1.82) is 0 Å². The van der Waals surface area contributed by atoms with Crippen molar-refractivity contribution in [2.75, 3.05) is 12.3 Å². The summed E-state index contributed by atoms with van der Waals surface area (Å²) in [5.74, 6) is -5.75. The van der Waals surface area contributed by atoms with Crippen LogP contribution in [-0.4, -0.2) is 87.1 Å². The van der Waals surface area contributed by atoms with E-state index in [0.717, 1.165) is 0 Å². The Kier molecular flexibility index (Phi) is 10.2. The first-order valence-electron chi connectivity index (χ1n) is 9.48. The molecule has 1 rings (SSSR count). The number of carbonyl (C=O) groups excluding carboxylic acids is 4. The highest BCUT2D eigenvalue weighted by molar-refractivity contribution is 7.80. The van der Waals surface area contributed by atoms with E-state index < -0.39 is 66.2 Å². The van der Waals surface area contributed by atoms with Gasteiger partial charge in [0.2, 0.25) is 23.6 Å². The number of amides is 4. The fourth-order valence-corrected chi connectivity index (χ4v) is 3.31. The van der Waals surface area contributed by atoms with Crippen LogP contribution < -0.4 is 22.1 Å². The zero-order valence-electron chi connectivity index (χ0n) is 16.7. The number of carboxylic acids is 2. The summed E-state index contributed by atoms with van der Waals surface area (Å²) in [5.41, 5.74) is 10.6. The normalized spacial score (nSPS) is 18.5. The molecule has 0 saturated carbocycles. The molecule has 13 nitrogen and oxygen atoms in total. The number of primary amides is 1. The highest BCUT2D eigenvalue weighted by atomic mass is 32.1. The molecule has 1 aliphatic heterocycles. The maximum Gasteiger partial charge on any atom is 0.327 e. The number of nitrogens with one attached hydrogen (secondary N) is 2. The van der Waals surface area contributed by atoms with Crippen LogP contribution >= 0.6 is 12.6 Å². The molecule has 1 fully saturated rings. The van der Waals surface area contributed by atoms with Gasteiger partial charge in [-0.25, -0.2) is 4.79 Å². The minimum Gasteiger partial charge on any atom is -0.481 e. The van der Waals surface area contributed by atoms with Crippen LogP contribution in [0.25, 0.3) is 0 Å². The summed E-state index contributed by atoms with van der Waals surface area (Å²) in [6.45, 7) is 0.166. The van der Waals surface area contributed by atoms with E-state index in [1.165, 1.54) is 4.90 Å². The van der Waals surface area contributed by atoms with Crippen molar-refractivity contribution in [2.24, 2.45) is 11.5 Å². The molecule has 31 heavy (non-hydrogen) atoms. The number of nitrogens with zero attached hydrogens (tertiary/aromatic N) is 1. The van der Waals surface area contributed by atoms with E-state index in [9.17, 15) is 28.8 Å². The van der Waals surface area contributed by atoms with E-state index in [0.29, 0.717) is 6.42 Å². The summed E-state index contributed by atoms with van der Waals surface area (Å²) >= 11 is 3.87. The molecule has 1 aliphatic rings. The van der Waals surface area contributed by atoms with Gasteiger partial charge < -0.3 is 37.2 Å². The Morgan fingerprint density at radius 3 is 2.26 bits per heavy atom. The van der Waals surface area contributed by atoms with Gasteiger partial charge in [-0.2, -0.15) is 12.6 Å². The second-order valence-corrected chi connectivity index (χ2v) is 7.41. The molecule has 0 bridgehead atoms.